The fraction of sp³-hybridized carbons (Fsp3) is 0.611. The second-order valence-corrected chi connectivity index (χ2v) is 6.68. The lowest BCUT2D eigenvalue weighted by atomic mass is 9.77. The zero-order chi connectivity index (χ0) is 14.7. The molecule has 1 aliphatic heterocycles. The number of hydrogen-bond acceptors (Lipinski definition) is 2. The van der Waals surface area contributed by atoms with Crippen LogP contribution >= 0.6 is 12.4 Å². The number of carbonyl (C=O) groups is 1. The van der Waals surface area contributed by atoms with E-state index in [2.05, 4.69) is 41.8 Å². The Morgan fingerprint density at radius 2 is 2.05 bits per heavy atom. The van der Waals surface area contributed by atoms with Crippen LogP contribution in [0.15, 0.2) is 24.3 Å². The van der Waals surface area contributed by atoms with Gasteiger partial charge in [0.1, 0.15) is 0 Å². The summed E-state index contributed by atoms with van der Waals surface area (Å²) >= 11 is 0. The largest absolute Gasteiger partial charge is 0.351 e. The van der Waals surface area contributed by atoms with Gasteiger partial charge in [-0.2, -0.15) is 0 Å². The molecule has 1 aromatic carbocycles. The fourth-order valence-electron chi connectivity index (χ4n) is 3.87. The van der Waals surface area contributed by atoms with Crippen molar-refractivity contribution < 1.29 is 4.79 Å². The first kappa shape index (κ1) is 17.3. The zero-order valence-corrected chi connectivity index (χ0v) is 14.2. The van der Waals surface area contributed by atoms with Gasteiger partial charge in [0.25, 0.3) is 0 Å². The molecule has 2 fully saturated rings. The summed E-state index contributed by atoms with van der Waals surface area (Å²) in [6, 6.07) is 8.82. The van der Waals surface area contributed by atoms with E-state index in [1.807, 2.05) is 0 Å². The van der Waals surface area contributed by atoms with Crippen LogP contribution in [0.2, 0.25) is 0 Å². The van der Waals surface area contributed by atoms with Crippen molar-refractivity contribution in [3.63, 3.8) is 0 Å². The number of rotatable bonds is 3. The molecule has 122 valence electrons. The molecule has 1 aromatic rings. The summed E-state index contributed by atoms with van der Waals surface area (Å²) in [7, 11) is 0. The van der Waals surface area contributed by atoms with E-state index in [0.29, 0.717) is 6.04 Å². The third-order valence-corrected chi connectivity index (χ3v) is 5.09. The molecule has 0 spiro atoms. The van der Waals surface area contributed by atoms with Gasteiger partial charge in [-0.15, -0.1) is 12.4 Å². The van der Waals surface area contributed by atoms with Crippen molar-refractivity contribution in [2.45, 2.75) is 56.9 Å². The zero-order valence-electron chi connectivity index (χ0n) is 13.4. The highest BCUT2D eigenvalue weighted by atomic mass is 35.5. The first-order valence-corrected chi connectivity index (χ1v) is 8.29. The molecular weight excluding hydrogens is 296 g/mol. The van der Waals surface area contributed by atoms with Crippen LogP contribution in [0.25, 0.3) is 0 Å². The highest BCUT2D eigenvalue weighted by molar-refractivity contribution is 5.89. The Balaban J connectivity index is 0.00000176. The van der Waals surface area contributed by atoms with Crippen molar-refractivity contribution in [2.75, 3.05) is 13.1 Å². The van der Waals surface area contributed by atoms with Crippen LogP contribution in [-0.4, -0.2) is 25.0 Å². The predicted molar refractivity (Wildman–Crippen MR) is 92.6 cm³/mol. The maximum atomic E-state index is 13.0. The van der Waals surface area contributed by atoms with Gasteiger partial charge < -0.3 is 10.6 Å². The van der Waals surface area contributed by atoms with Gasteiger partial charge in [-0.05, 0) is 44.7 Å². The number of benzene rings is 1. The second-order valence-electron chi connectivity index (χ2n) is 6.68. The third-order valence-electron chi connectivity index (χ3n) is 5.09. The maximum Gasteiger partial charge on any atom is 0.230 e. The Labute approximate surface area is 139 Å². The number of hydrogen-bond donors (Lipinski definition) is 2. The minimum Gasteiger partial charge on any atom is -0.351 e. The lowest BCUT2D eigenvalue weighted by Crippen LogP contribution is -2.51. The van der Waals surface area contributed by atoms with Gasteiger partial charge in [-0.3, -0.25) is 4.79 Å². The minimum absolute atomic E-state index is 0. The summed E-state index contributed by atoms with van der Waals surface area (Å²) < 4.78 is 0. The van der Waals surface area contributed by atoms with E-state index in [0.717, 1.165) is 51.6 Å². The van der Waals surface area contributed by atoms with E-state index in [9.17, 15) is 4.79 Å². The summed E-state index contributed by atoms with van der Waals surface area (Å²) in [6.45, 7) is 4.10. The molecule has 1 aliphatic carbocycles. The summed E-state index contributed by atoms with van der Waals surface area (Å²) in [6.07, 6.45) is 6.55. The molecule has 1 saturated heterocycles. The van der Waals surface area contributed by atoms with E-state index in [-0.39, 0.29) is 23.7 Å². The van der Waals surface area contributed by atoms with E-state index >= 15 is 0 Å². The first-order chi connectivity index (χ1) is 10.2. The Morgan fingerprint density at radius 3 is 2.68 bits per heavy atom. The molecular formula is C18H27ClN2O. The molecule has 1 heterocycles. The van der Waals surface area contributed by atoms with Gasteiger partial charge >= 0.3 is 0 Å². The highest BCUT2D eigenvalue weighted by Gasteiger charge is 2.43. The summed E-state index contributed by atoms with van der Waals surface area (Å²) in [5.74, 6) is 0.249. The van der Waals surface area contributed by atoms with E-state index in [1.54, 1.807) is 0 Å². The summed E-state index contributed by atoms with van der Waals surface area (Å²) in [5, 5.41) is 6.70. The van der Waals surface area contributed by atoms with E-state index in [1.165, 1.54) is 11.1 Å². The molecule has 0 radical (unpaired) electrons. The van der Waals surface area contributed by atoms with E-state index in [4.69, 9.17) is 0 Å². The molecule has 2 aliphatic rings. The van der Waals surface area contributed by atoms with E-state index < -0.39 is 0 Å². The Hall–Kier alpha value is -1.06. The topological polar surface area (TPSA) is 41.1 Å². The molecule has 0 bridgehead atoms. The lowest BCUT2D eigenvalue weighted by Gasteiger charge is -2.32. The fourth-order valence-corrected chi connectivity index (χ4v) is 3.87. The predicted octanol–water partition coefficient (Wildman–Crippen LogP) is 3.10. The molecule has 3 nitrogen and oxygen atoms in total. The number of carbonyl (C=O) groups excluding carboxylic acids is 1. The second kappa shape index (κ2) is 7.47. The maximum absolute atomic E-state index is 13.0. The van der Waals surface area contributed by atoms with Crippen LogP contribution in [0.3, 0.4) is 0 Å². The Morgan fingerprint density at radius 1 is 1.27 bits per heavy atom. The standard InChI is InChI=1S/C18H26N2O.ClH/c1-14-6-4-7-15(12-14)18(9-2-3-10-18)17(21)20-16-8-5-11-19-13-16;/h4,6-7,12,16,19H,2-3,5,8-11,13H2,1H3,(H,20,21);1H. The quantitative estimate of drug-likeness (QED) is 0.898. The molecule has 3 rings (SSSR count). The van der Waals surface area contributed by atoms with Crippen LogP contribution in [0.4, 0.5) is 0 Å². The van der Waals surface area contributed by atoms with Crippen LogP contribution < -0.4 is 10.6 Å². The average molecular weight is 323 g/mol. The summed E-state index contributed by atoms with van der Waals surface area (Å²) in [4.78, 5) is 13.0. The van der Waals surface area contributed by atoms with Crippen molar-refractivity contribution in [3.05, 3.63) is 35.4 Å². The Bertz CT molecular complexity index is 506. The van der Waals surface area contributed by atoms with Crippen molar-refractivity contribution in [1.29, 1.82) is 0 Å². The number of piperidine rings is 1. The summed E-state index contributed by atoms with van der Waals surface area (Å²) in [5.41, 5.74) is 2.16. The molecule has 4 heteroatoms. The highest BCUT2D eigenvalue weighted by Crippen LogP contribution is 2.41. The number of amides is 1. The van der Waals surface area contributed by atoms with Crippen LogP contribution in [0, 0.1) is 6.92 Å². The lowest BCUT2D eigenvalue weighted by molar-refractivity contribution is -0.127. The number of halogens is 1. The minimum atomic E-state index is -0.288. The van der Waals surface area contributed by atoms with Crippen LogP contribution in [0.1, 0.15) is 49.7 Å². The molecule has 1 saturated carbocycles. The normalized spacial score (nSPS) is 23.6. The van der Waals surface area contributed by atoms with Crippen molar-refractivity contribution in [2.24, 2.45) is 0 Å². The van der Waals surface area contributed by atoms with Crippen LogP contribution in [-0.2, 0) is 10.2 Å². The third kappa shape index (κ3) is 3.47. The Kier molecular flexibility index (Phi) is 5.87. The monoisotopic (exact) mass is 322 g/mol. The van der Waals surface area contributed by atoms with Crippen molar-refractivity contribution >= 4 is 18.3 Å². The number of nitrogens with one attached hydrogen (secondary N) is 2. The van der Waals surface area contributed by atoms with Crippen molar-refractivity contribution in [1.82, 2.24) is 10.6 Å². The van der Waals surface area contributed by atoms with Crippen molar-refractivity contribution in [3.8, 4) is 0 Å². The molecule has 22 heavy (non-hydrogen) atoms. The van der Waals surface area contributed by atoms with Gasteiger partial charge in [-0.1, -0.05) is 42.7 Å². The van der Waals surface area contributed by atoms with Gasteiger partial charge in [-0.25, -0.2) is 0 Å². The molecule has 1 amide bonds. The first-order valence-electron chi connectivity index (χ1n) is 8.29. The van der Waals surface area contributed by atoms with Gasteiger partial charge in [0, 0.05) is 12.6 Å². The number of aryl methyl sites for hydroxylation is 1. The smallest absolute Gasteiger partial charge is 0.230 e. The van der Waals surface area contributed by atoms with Crippen LogP contribution in [0.5, 0.6) is 0 Å². The van der Waals surface area contributed by atoms with Gasteiger partial charge in [0.15, 0.2) is 0 Å². The average Bonchev–Trinajstić information content (AvgIpc) is 2.99. The molecule has 1 unspecified atom stereocenters. The molecule has 0 aromatic heterocycles. The van der Waals surface area contributed by atoms with Gasteiger partial charge in [0.05, 0.1) is 5.41 Å². The molecule has 1 atom stereocenters. The molecule has 2 N–H and O–H groups in total. The van der Waals surface area contributed by atoms with Gasteiger partial charge in [0.2, 0.25) is 5.91 Å². The SMILES string of the molecule is Cc1cccc(C2(C(=O)NC3CCCNC3)CCCC2)c1.Cl.